The van der Waals surface area contributed by atoms with Crippen molar-refractivity contribution in [3.63, 3.8) is 0 Å². The normalized spacial score (nSPS) is 29.9. The maximum Gasteiger partial charge on any atom is 0.280 e. The minimum absolute atomic E-state index is 0.00316. The lowest BCUT2D eigenvalue weighted by Gasteiger charge is -2.45. The average Bonchev–Trinajstić information content (AvgIpc) is 2.26. The van der Waals surface area contributed by atoms with Crippen molar-refractivity contribution in [3.05, 3.63) is 12.7 Å². The summed E-state index contributed by atoms with van der Waals surface area (Å²) in [6, 6.07) is 0. The van der Waals surface area contributed by atoms with Gasteiger partial charge >= 0.3 is 0 Å². The number of Topliss-reactive ketones (excluding diaryl/α,β-unsaturated/α-hetero) is 1. The fourth-order valence-electron chi connectivity index (χ4n) is 2.50. The summed E-state index contributed by atoms with van der Waals surface area (Å²) in [5, 5.41) is 0. The van der Waals surface area contributed by atoms with Gasteiger partial charge in [0.25, 0.3) is 7.52 Å². The van der Waals surface area contributed by atoms with Gasteiger partial charge in [-0.3, -0.25) is 9.36 Å². The molecule has 0 N–H and O–H groups in total. The van der Waals surface area contributed by atoms with Crippen molar-refractivity contribution in [1.29, 1.82) is 0 Å². The van der Waals surface area contributed by atoms with Crippen LogP contribution in [0, 0.1) is 5.92 Å². The van der Waals surface area contributed by atoms with E-state index in [1.54, 1.807) is 6.08 Å². The maximum absolute atomic E-state index is 13.2. The number of ketones is 1. The lowest BCUT2D eigenvalue weighted by atomic mass is 10.0. The Balaban J connectivity index is 2.92. The van der Waals surface area contributed by atoms with Crippen molar-refractivity contribution in [2.45, 2.75) is 59.1 Å². The second-order valence-electron chi connectivity index (χ2n) is 6.69. The van der Waals surface area contributed by atoms with Crippen molar-refractivity contribution in [2.24, 2.45) is 5.92 Å². The van der Waals surface area contributed by atoms with Crippen LogP contribution in [0.4, 0.5) is 0 Å². The molecule has 1 fully saturated rings. The lowest BCUT2D eigenvalue weighted by Crippen LogP contribution is -2.45. The van der Waals surface area contributed by atoms with Crippen LogP contribution >= 0.6 is 7.52 Å². The Labute approximate surface area is 123 Å². The smallest absolute Gasteiger partial charge is 0.280 e. The molecule has 20 heavy (non-hydrogen) atoms. The summed E-state index contributed by atoms with van der Waals surface area (Å²) in [5.41, 5.74) is -0.266. The molecule has 1 rings (SSSR count). The van der Waals surface area contributed by atoms with E-state index in [-0.39, 0.29) is 29.5 Å². The first-order chi connectivity index (χ1) is 9.10. The van der Waals surface area contributed by atoms with Gasteiger partial charge in [0.2, 0.25) is 0 Å². The highest BCUT2D eigenvalue weighted by atomic mass is 31.2. The van der Waals surface area contributed by atoms with Crippen LogP contribution in [0.1, 0.15) is 47.5 Å². The van der Waals surface area contributed by atoms with Crippen LogP contribution in [0.25, 0.3) is 0 Å². The standard InChI is InChI=1S/C15H28NO3P/c1-7-8-12(2)14(17)11-20(18)16(15(4,5)6)10-9-13(3)19-20/h7,12-13H,1,8-11H2,2-6H3. The van der Waals surface area contributed by atoms with Gasteiger partial charge in [-0.1, -0.05) is 13.0 Å². The van der Waals surface area contributed by atoms with E-state index in [4.69, 9.17) is 4.52 Å². The summed E-state index contributed by atoms with van der Waals surface area (Å²) >= 11 is 0. The van der Waals surface area contributed by atoms with Crippen LogP contribution < -0.4 is 0 Å². The summed E-state index contributed by atoms with van der Waals surface area (Å²) < 4.78 is 20.8. The van der Waals surface area contributed by atoms with E-state index in [0.717, 1.165) is 6.42 Å². The number of rotatable bonds is 5. The van der Waals surface area contributed by atoms with Crippen molar-refractivity contribution in [1.82, 2.24) is 4.67 Å². The highest BCUT2D eigenvalue weighted by Gasteiger charge is 2.44. The van der Waals surface area contributed by atoms with Gasteiger partial charge in [0.05, 0.1) is 12.3 Å². The zero-order valence-corrected chi connectivity index (χ0v) is 14.3. The van der Waals surface area contributed by atoms with Crippen LogP contribution in [0.3, 0.4) is 0 Å². The molecule has 0 aliphatic carbocycles. The number of carbonyl (C=O) groups excluding carboxylic acids is 1. The molecule has 1 aliphatic heterocycles. The Morgan fingerprint density at radius 1 is 1.55 bits per heavy atom. The number of hydrogen-bond donors (Lipinski definition) is 0. The maximum atomic E-state index is 13.2. The van der Waals surface area contributed by atoms with Gasteiger partial charge in [0.1, 0.15) is 5.78 Å². The van der Waals surface area contributed by atoms with E-state index in [0.29, 0.717) is 13.0 Å². The van der Waals surface area contributed by atoms with E-state index < -0.39 is 7.52 Å². The summed E-state index contributed by atoms with van der Waals surface area (Å²) in [4.78, 5) is 12.3. The van der Waals surface area contributed by atoms with Crippen LogP contribution in [0.5, 0.6) is 0 Å². The third-order valence-corrected chi connectivity index (χ3v) is 6.60. The molecule has 0 amide bonds. The molecular weight excluding hydrogens is 273 g/mol. The fraction of sp³-hybridized carbons (Fsp3) is 0.800. The van der Waals surface area contributed by atoms with Crippen LogP contribution in [-0.4, -0.2) is 34.8 Å². The largest absolute Gasteiger partial charge is 0.314 e. The highest BCUT2D eigenvalue weighted by Crippen LogP contribution is 2.58. The van der Waals surface area contributed by atoms with Gasteiger partial charge in [-0.15, -0.1) is 6.58 Å². The van der Waals surface area contributed by atoms with Crippen molar-refractivity contribution in [3.8, 4) is 0 Å². The third-order valence-electron chi connectivity index (χ3n) is 3.66. The van der Waals surface area contributed by atoms with Crippen molar-refractivity contribution >= 4 is 13.3 Å². The molecule has 0 spiro atoms. The summed E-state index contributed by atoms with van der Waals surface area (Å²) in [6.45, 7) is 14.2. The fourth-order valence-corrected chi connectivity index (χ4v) is 5.56. The first-order valence-corrected chi connectivity index (χ1v) is 9.05. The monoisotopic (exact) mass is 301 g/mol. The molecule has 116 valence electrons. The zero-order valence-electron chi connectivity index (χ0n) is 13.4. The molecular formula is C15H28NO3P. The Kier molecular flexibility index (Phi) is 5.77. The van der Waals surface area contributed by atoms with Crippen LogP contribution in [0.15, 0.2) is 12.7 Å². The predicted octanol–water partition coefficient (Wildman–Crippen LogP) is 3.87. The molecule has 3 unspecified atom stereocenters. The Morgan fingerprint density at radius 2 is 2.15 bits per heavy atom. The van der Waals surface area contributed by atoms with Crippen LogP contribution in [-0.2, 0) is 13.9 Å². The molecule has 5 heteroatoms. The Hall–Kier alpha value is -0.440. The first-order valence-electron chi connectivity index (χ1n) is 7.29. The second-order valence-corrected chi connectivity index (χ2v) is 8.97. The number of carbonyl (C=O) groups is 1. The van der Waals surface area contributed by atoms with Gasteiger partial charge in [-0.2, -0.15) is 0 Å². The lowest BCUT2D eigenvalue weighted by molar-refractivity contribution is -0.120. The molecule has 0 saturated carbocycles. The van der Waals surface area contributed by atoms with E-state index >= 15 is 0 Å². The van der Waals surface area contributed by atoms with E-state index in [1.807, 2.05) is 39.3 Å². The van der Waals surface area contributed by atoms with E-state index in [9.17, 15) is 9.36 Å². The molecule has 1 saturated heterocycles. The van der Waals surface area contributed by atoms with Gasteiger partial charge < -0.3 is 4.52 Å². The van der Waals surface area contributed by atoms with E-state index in [1.165, 1.54) is 0 Å². The molecule has 0 aromatic heterocycles. The van der Waals surface area contributed by atoms with Gasteiger partial charge in [-0.05, 0) is 40.5 Å². The summed E-state index contributed by atoms with van der Waals surface area (Å²) in [5.74, 6) is -0.155. The molecule has 0 aromatic carbocycles. The quantitative estimate of drug-likeness (QED) is 0.571. The molecule has 1 heterocycles. The molecule has 3 atom stereocenters. The SMILES string of the molecule is C=CCC(C)C(=O)CP1(=O)OC(C)CCN1C(C)(C)C. The minimum atomic E-state index is -3.09. The minimum Gasteiger partial charge on any atom is -0.314 e. The molecule has 4 nitrogen and oxygen atoms in total. The second kappa shape index (κ2) is 6.55. The Bertz CT molecular complexity index is 414. The molecule has 0 aromatic rings. The van der Waals surface area contributed by atoms with Crippen molar-refractivity contribution in [2.75, 3.05) is 12.7 Å². The van der Waals surface area contributed by atoms with Gasteiger partial charge in [-0.25, -0.2) is 4.67 Å². The molecule has 0 bridgehead atoms. The van der Waals surface area contributed by atoms with Crippen LogP contribution in [0.2, 0.25) is 0 Å². The number of allylic oxidation sites excluding steroid dienone is 1. The zero-order chi connectivity index (χ0) is 15.6. The molecule has 0 radical (unpaired) electrons. The van der Waals surface area contributed by atoms with E-state index in [2.05, 4.69) is 6.58 Å². The van der Waals surface area contributed by atoms with Gasteiger partial charge in [0, 0.05) is 18.0 Å². The summed E-state index contributed by atoms with van der Waals surface area (Å²) in [6.07, 6.45) is 3.14. The van der Waals surface area contributed by atoms with Crippen molar-refractivity contribution < 1.29 is 13.9 Å². The topological polar surface area (TPSA) is 46.6 Å². The summed E-state index contributed by atoms with van der Waals surface area (Å²) in [7, 11) is -3.09. The molecule has 1 aliphatic rings. The highest BCUT2D eigenvalue weighted by molar-refractivity contribution is 7.57. The number of nitrogens with zero attached hydrogens (tertiary/aromatic N) is 1. The number of hydrogen-bond acceptors (Lipinski definition) is 3. The predicted molar refractivity (Wildman–Crippen MR) is 83.1 cm³/mol. The Morgan fingerprint density at radius 3 is 2.65 bits per heavy atom. The third kappa shape index (κ3) is 4.28. The van der Waals surface area contributed by atoms with Gasteiger partial charge in [0.15, 0.2) is 0 Å². The first kappa shape index (κ1) is 17.6. The average molecular weight is 301 g/mol.